The maximum atomic E-state index is 11.6. The van der Waals surface area contributed by atoms with Crippen molar-refractivity contribution < 1.29 is 19.0 Å². The van der Waals surface area contributed by atoms with E-state index in [9.17, 15) is 4.79 Å². The first kappa shape index (κ1) is 15.3. The fourth-order valence-electron chi connectivity index (χ4n) is 1.43. The van der Waals surface area contributed by atoms with Gasteiger partial charge in [0, 0.05) is 32.5 Å². The van der Waals surface area contributed by atoms with Gasteiger partial charge in [0.25, 0.3) is 5.91 Å². The number of carbonyl (C=O) groups excluding carboxylic acids is 1. The second-order valence-electron chi connectivity index (χ2n) is 3.98. The van der Waals surface area contributed by atoms with Crippen LogP contribution >= 0.6 is 0 Å². The Morgan fingerprint density at radius 2 is 2.21 bits per heavy atom. The summed E-state index contributed by atoms with van der Waals surface area (Å²) in [7, 11) is 3.15. The third-order valence-electron chi connectivity index (χ3n) is 2.44. The Kier molecular flexibility index (Phi) is 6.70. The van der Waals surface area contributed by atoms with Gasteiger partial charge in [-0.2, -0.15) is 0 Å². The van der Waals surface area contributed by atoms with E-state index in [0.29, 0.717) is 24.6 Å². The molecule has 0 saturated carbocycles. The molecule has 0 radical (unpaired) electrons. The second-order valence-corrected chi connectivity index (χ2v) is 3.98. The summed E-state index contributed by atoms with van der Waals surface area (Å²) in [6.45, 7) is 0.739. The van der Waals surface area contributed by atoms with Gasteiger partial charge in [0.15, 0.2) is 6.61 Å². The van der Waals surface area contributed by atoms with Gasteiger partial charge in [-0.3, -0.25) is 4.79 Å². The predicted molar refractivity (Wildman–Crippen MR) is 72.0 cm³/mol. The van der Waals surface area contributed by atoms with Crippen molar-refractivity contribution in [2.45, 2.75) is 6.10 Å². The van der Waals surface area contributed by atoms with Crippen molar-refractivity contribution in [2.24, 2.45) is 0 Å². The van der Waals surface area contributed by atoms with Gasteiger partial charge in [-0.25, -0.2) is 0 Å². The van der Waals surface area contributed by atoms with Crippen molar-refractivity contribution in [1.82, 2.24) is 5.32 Å². The van der Waals surface area contributed by atoms with Crippen LogP contribution in [0.4, 0.5) is 5.69 Å². The number of nitrogens with two attached hydrogens (primary N) is 1. The lowest BCUT2D eigenvalue weighted by molar-refractivity contribution is -0.123. The molecule has 0 saturated heterocycles. The van der Waals surface area contributed by atoms with Crippen LogP contribution in [-0.2, 0) is 14.3 Å². The standard InChI is InChI=1S/C13H20N2O4/c1-17-8-12(18-2)7-15-13(16)9-19-11-5-3-4-10(14)6-11/h3-6,12H,7-9,14H2,1-2H3,(H,15,16). The lowest BCUT2D eigenvalue weighted by Crippen LogP contribution is -2.37. The van der Waals surface area contributed by atoms with Crippen molar-refractivity contribution in [3.63, 3.8) is 0 Å². The minimum Gasteiger partial charge on any atom is -0.484 e. The van der Waals surface area contributed by atoms with Crippen molar-refractivity contribution in [1.29, 1.82) is 0 Å². The van der Waals surface area contributed by atoms with Crippen LogP contribution in [0.25, 0.3) is 0 Å². The van der Waals surface area contributed by atoms with Crippen LogP contribution in [0.15, 0.2) is 24.3 Å². The molecule has 6 nitrogen and oxygen atoms in total. The summed E-state index contributed by atoms with van der Waals surface area (Å²) in [6.07, 6.45) is -0.165. The monoisotopic (exact) mass is 268 g/mol. The van der Waals surface area contributed by atoms with E-state index in [2.05, 4.69) is 5.32 Å². The molecule has 6 heteroatoms. The zero-order chi connectivity index (χ0) is 14.1. The normalized spacial score (nSPS) is 11.9. The number of anilines is 1. The van der Waals surface area contributed by atoms with E-state index in [1.807, 2.05) is 0 Å². The first-order valence-electron chi connectivity index (χ1n) is 5.92. The van der Waals surface area contributed by atoms with Gasteiger partial charge in [-0.15, -0.1) is 0 Å². The number of benzene rings is 1. The number of carbonyl (C=O) groups is 1. The second kappa shape index (κ2) is 8.34. The van der Waals surface area contributed by atoms with Crippen LogP contribution in [-0.4, -0.2) is 46.0 Å². The first-order chi connectivity index (χ1) is 9.15. The molecule has 1 aromatic carbocycles. The molecule has 1 unspecified atom stereocenters. The van der Waals surface area contributed by atoms with Gasteiger partial charge in [0.05, 0.1) is 12.7 Å². The van der Waals surface area contributed by atoms with Crippen molar-refractivity contribution in [2.75, 3.05) is 39.7 Å². The molecular weight excluding hydrogens is 248 g/mol. The lowest BCUT2D eigenvalue weighted by Gasteiger charge is -2.15. The van der Waals surface area contributed by atoms with E-state index in [1.54, 1.807) is 38.5 Å². The molecule has 0 spiro atoms. The topological polar surface area (TPSA) is 82.8 Å². The van der Waals surface area contributed by atoms with Gasteiger partial charge in [0.2, 0.25) is 0 Å². The number of rotatable bonds is 8. The molecule has 0 aromatic heterocycles. The Morgan fingerprint density at radius 1 is 1.42 bits per heavy atom. The number of nitrogen functional groups attached to an aromatic ring is 1. The van der Waals surface area contributed by atoms with Crippen molar-refractivity contribution in [3.8, 4) is 5.75 Å². The molecule has 0 bridgehead atoms. The summed E-state index contributed by atoms with van der Waals surface area (Å²) < 4.78 is 15.4. The van der Waals surface area contributed by atoms with Crippen LogP contribution in [0.3, 0.4) is 0 Å². The Labute approximate surface area is 112 Å². The zero-order valence-electron chi connectivity index (χ0n) is 11.2. The van der Waals surface area contributed by atoms with Gasteiger partial charge >= 0.3 is 0 Å². The third-order valence-corrected chi connectivity index (χ3v) is 2.44. The highest BCUT2D eigenvalue weighted by molar-refractivity contribution is 5.77. The molecule has 1 aromatic rings. The number of methoxy groups -OCH3 is 2. The van der Waals surface area contributed by atoms with E-state index in [4.69, 9.17) is 19.9 Å². The molecule has 3 N–H and O–H groups in total. The van der Waals surface area contributed by atoms with Gasteiger partial charge in [-0.1, -0.05) is 6.07 Å². The van der Waals surface area contributed by atoms with Gasteiger partial charge in [-0.05, 0) is 12.1 Å². The molecule has 19 heavy (non-hydrogen) atoms. The largest absolute Gasteiger partial charge is 0.484 e. The van der Waals surface area contributed by atoms with Crippen LogP contribution in [0.2, 0.25) is 0 Å². The van der Waals surface area contributed by atoms with Crippen LogP contribution in [0, 0.1) is 0 Å². The zero-order valence-corrected chi connectivity index (χ0v) is 11.2. The predicted octanol–water partition coefficient (Wildman–Crippen LogP) is 0.425. The summed E-state index contributed by atoms with van der Waals surface area (Å²) in [4.78, 5) is 11.6. The maximum absolute atomic E-state index is 11.6. The van der Waals surface area contributed by atoms with E-state index in [-0.39, 0.29) is 18.6 Å². The highest BCUT2D eigenvalue weighted by Crippen LogP contribution is 2.13. The fraction of sp³-hybridized carbons (Fsp3) is 0.462. The highest BCUT2D eigenvalue weighted by Gasteiger charge is 2.09. The quantitative estimate of drug-likeness (QED) is 0.668. The lowest BCUT2D eigenvalue weighted by atomic mass is 10.3. The maximum Gasteiger partial charge on any atom is 0.258 e. The summed E-state index contributed by atoms with van der Waals surface area (Å²) >= 11 is 0. The minimum atomic E-state index is -0.222. The Bertz CT molecular complexity index is 398. The van der Waals surface area contributed by atoms with E-state index < -0.39 is 0 Å². The van der Waals surface area contributed by atoms with E-state index >= 15 is 0 Å². The van der Waals surface area contributed by atoms with E-state index in [0.717, 1.165) is 0 Å². The molecule has 1 rings (SSSR count). The number of ether oxygens (including phenoxy) is 3. The average Bonchev–Trinajstić information content (AvgIpc) is 2.41. The summed E-state index contributed by atoms with van der Waals surface area (Å²) in [5, 5.41) is 2.70. The molecule has 0 aliphatic heterocycles. The molecule has 0 heterocycles. The third kappa shape index (κ3) is 6.08. The van der Waals surface area contributed by atoms with Gasteiger partial charge < -0.3 is 25.3 Å². The smallest absolute Gasteiger partial charge is 0.258 e. The van der Waals surface area contributed by atoms with Crippen molar-refractivity contribution in [3.05, 3.63) is 24.3 Å². The van der Waals surface area contributed by atoms with Crippen LogP contribution in [0.1, 0.15) is 0 Å². The molecule has 0 aliphatic carbocycles. The number of nitrogens with one attached hydrogen (secondary N) is 1. The number of hydrogen-bond acceptors (Lipinski definition) is 5. The molecule has 0 aliphatic rings. The van der Waals surface area contributed by atoms with Gasteiger partial charge in [0.1, 0.15) is 5.75 Å². The number of hydrogen-bond donors (Lipinski definition) is 2. The Hall–Kier alpha value is -1.79. The Balaban J connectivity index is 2.28. The molecule has 1 atom stereocenters. The van der Waals surface area contributed by atoms with Crippen LogP contribution < -0.4 is 15.8 Å². The fourth-order valence-corrected chi connectivity index (χ4v) is 1.43. The Morgan fingerprint density at radius 3 is 2.84 bits per heavy atom. The average molecular weight is 268 g/mol. The first-order valence-corrected chi connectivity index (χ1v) is 5.92. The SMILES string of the molecule is COCC(CNC(=O)COc1cccc(N)c1)OC. The molecule has 0 fully saturated rings. The molecule has 1 amide bonds. The minimum absolute atomic E-state index is 0.0626. The van der Waals surface area contributed by atoms with Crippen LogP contribution in [0.5, 0.6) is 5.75 Å². The summed E-state index contributed by atoms with van der Waals surface area (Å²) in [6, 6.07) is 6.92. The van der Waals surface area contributed by atoms with Crippen molar-refractivity contribution >= 4 is 11.6 Å². The van der Waals surface area contributed by atoms with E-state index in [1.165, 1.54) is 0 Å². The summed E-state index contributed by atoms with van der Waals surface area (Å²) in [5.41, 5.74) is 6.20. The summed E-state index contributed by atoms with van der Waals surface area (Å²) in [5.74, 6) is 0.343. The highest BCUT2D eigenvalue weighted by atomic mass is 16.5. The molecule has 106 valence electrons. The molecular formula is C13H20N2O4. The number of amides is 1.